The van der Waals surface area contributed by atoms with Crippen LogP contribution in [0.3, 0.4) is 0 Å². The standard InChI is InChI=1S/CH3BO3S/c1-5-6(2,3)4/h1H3. The molecule has 2 radical (unpaired) electrons. The van der Waals surface area contributed by atoms with Crippen LogP contribution in [-0.2, 0) is 14.2 Å². The van der Waals surface area contributed by atoms with E-state index in [9.17, 15) is 8.42 Å². The summed E-state index contributed by atoms with van der Waals surface area (Å²) in [4.78, 5) is 0. The molecule has 0 aromatic heterocycles. The average molecular weight is 106 g/mol. The van der Waals surface area contributed by atoms with Crippen molar-refractivity contribution >= 4 is 17.1 Å². The molecular formula is CH3BO3S. The van der Waals surface area contributed by atoms with Crippen LogP contribution in [0, 0.1) is 0 Å². The molecule has 0 aromatic rings. The fourth-order valence-electron chi connectivity index (χ4n) is 0. The Hall–Kier alpha value is -0.0251. The predicted octanol–water partition coefficient (Wildman–Crippen LogP) is -0.954. The highest BCUT2D eigenvalue weighted by atomic mass is 32.2. The number of rotatable bonds is 1. The second-order valence-corrected chi connectivity index (χ2v) is 1.98. The van der Waals surface area contributed by atoms with Gasteiger partial charge in [0, 0.05) is 0 Å². The van der Waals surface area contributed by atoms with Crippen LogP contribution in [0.5, 0.6) is 0 Å². The molecule has 0 atom stereocenters. The van der Waals surface area contributed by atoms with Gasteiger partial charge in [-0.1, -0.05) is 0 Å². The van der Waals surface area contributed by atoms with E-state index in [1.54, 1.807) is 0 Å². The van der Waals surface area contributed by atoms with Crippen LogP contribution >= 0.6 is 0 Å². The maximum Gasteiger partial charge on any atom is 0.295 e. The maximum absolute atomic E-state index is 9.56. The molecule has 5 heteroatoms. The fourth-order valence-corrected chi connectivity index (χ4v) is 0. The van der Waals surface area contributed by atoms with E-state index in [0.717, 1.165) is 7.11 Å². The van der Waals surface area contributed by atoms with E-state index < -0.39 is 9.97 Å². The van der Waals surface area contributed by atoms with Crippen molar-refractivity contribution < 1.29 is 12.6 Å². The summed E-state index contributed by atoms with van der Waals surface area (Å²) >= 11 is 0. The number of hydrogen-bond acceptors (Lipinski definition) is 3. The Bertz CT molecular complexity index is 113. The Morgan fingerprint density at radius 1 is 1.67 bits per heavy atom. The summed E-state index contributed by atoms with van der Waals surface area (Å²) < 4.78 is 22.8. The second-order valence-electron chi connectivity index (χ2n) is 0.659. The van der Waals surface area contributed by atoms with Crippen LogP contribution in [0.25, 0.3) is 0 Å². The minimum absolute atomic E-state index is 0.995. The molecule has 0 unspecified atom stereocenters. The van der Waals surface area contributed by atoms with Crippen LogP contribution in [0.4, 0.5) is 0 Å². The molecule has 0 bridgehead atoms. The molecule has 0 saturated carbocycles. The van der Waals surface area contributed by atoms with Crippen molar-refractivity contribution in [3.05, 3.63) is 0 Å². The quantitative estimate of drug-likeness (QED) is 0.404. The fraction of sp³-hybridized carbons (Fsp3) is 1.00. The molecule has 0 amide bonds. The minimum Gasteiger partial charge on any atom is -0.284 e. The Morgan fingerprint density at radius 2 is 1.83 bits per heavy atom. The van der Waals surface area contributed by atoms with Gasteiger partial charge in [0.25, 0.3) is 7.12 Å². The molecule has 0 aliphatic heterocycles. The van der Waals surface area contributed by atoms with Crippen molar-refractivity contribution in [2.75, 3.05) is 7.11 Å². The molecular weight excluding hydrogens is 103 g/mol. The average Bonchev–Trinajstić information content (AvgIpc) is 1.35. The highest BCUT2D eigenvalue weighted by Crippen LogP contribution is 1.73. The minimum atomic E-state index is -3.66. The van der Waals surface area contributed by atoms with Crippen molar-refractivity contribution in [3.63, 3.8) is 0 Å². The molecule has 6 heavy (non-hydrogen) atoms. The highest BCUT2D eigenvalue weighted by Gasteiger charge is 1.90. The van der Waals surface area contributed by atoms with Crippen LogP contribution in [0.1, 0.15) is 0 Å². The van der Waals surface area contributed by atoms with Crippen molar-refractivity contribution in [1.29, 1.82) is 0 Å². The van der Waals surface area contributed by atoms with E-state index in [0.29, 0.717) is 0 Å². The molecule has 0 saturated heterocycles. The summed E-state index contributed by atoms with van der Waals surface area (Å²) in [6.07, 6.45) is 0. The SMILES string of the molecule is [B]S(=O)(=O)OC. The highest BCUT2D eigenvalue weighted by molar-refractivity contribution is 8.08. The molecule has 0 rings (SSSR count). The Labute approximate surface area is 37.7 Å². The summed E-state index contributed by atoms with van der Waals surface area (Å²) in [7, 11) is 1.62. The van der Waals surface area contributed by atoms with Gasteiger partial charge >= 0.3 is 0 Å². The normalized spacial score (nSPS) is 11.5. The maximum atomic E-state index is 9.56. The largest absolute Gasteiger partial charge is 0.295 e. The second kappa shape index (κ2) is 1.62. The molecule has 34 valence electrons. The van der Waals surface area contributed by atoms with Gasteiger partial charge in [-0.3, -0.25) is 4.18 Å². The lowest BCUT2D eigenvalue weighted by atomic mass is 10.8. The molecule has 0 aliphatic carbocycles. The molecule has 3 nitrogen and oxygen atoms in total. The molecule has 0 aliphatic rings. The first-order valence-corrected chi connectivity index (χ1v) is 2.62. The topological polar surface area (TPSA) is 43.4 Å². The lowest BCUT2D eigenvalue weighted by molar-refractivity contribution is 0.412. The first-order valence-electron chi connectivity index (χ1n) is 1.14. The zero-order valence-electron chi connectivity index (χ0n) is 3.21. The molecule has 0 fully saturated rings. The van der Waals surface area contributed by atoms with Gasteiger partial charge in [0.15, 0.2) is 0 Å². The van der Waals surface area contributed by atoms with Crippen LogP contribution in [0.15, 0.2) is 0 Å². The van der Waals surface area contributed by atoms with E-state index in [-0.39, 0.29) is 0 Å². The van der Waals surface area contributed by atoms with Gasteiger partial charge in [0.05, 0.1) is 7.11 Å². The summed E-state index contributed by atoms with van der Waals surface area (Å²) in [6.45, 7) is 0. The zero-order chi connectivity index (χ0) is 5.21. The van der Waals surface area contributed by atoms with Gasteiger partial charge in [0.2, 0.25) is 9.97 Å². The Morgan fingerprint density at radius 3 is 1.83 bits per heavy atom. The third kappa shape index (κ3) is 3.97. The third-order valence-electron chi connectivity index (χ3n) is 0.232. The summed E-state index contributed by atoms with van der Waals surface area (Å²) in [6, 6.07) is 0. The predicted molar refractivity (Wildman–Crippen MR) is 21.7 cm³/mol. The molecule has 0 spiro atoms. The van der Waals surface area contributed by atoms with E-state index >= 15 is 0 Å². The van der Waals surface area contributed by atoms with E-state index in [1.807, 2.05) is 0 Å². The summed E-state index contributed by atoms with van der Waals surface area (Å²) in [5.74, 6) is 0. The van der Waals surface area contributed by atoms with Crippen molar-refractivity contribution in [2.24, 2.45) is 0 Å². The molecule has 0 heterocycles. The van der Waals surface area contributed by atoms with E-state index in [1.165, 1.54) is 0 Å². The zero-order valence-corrected chi connectivity index (χ0v) is 4.03. The van der Waals surface area contributed by atoms with Crippen LogP contribution < -0.4 is 0 Å². The lowest BCUT2D eigenvalue weighted by Gasteiger charge is -1.84. The van der Waals surface area contributed by atoms with E-state index in [2.05, 4.69) is 11.3 Å². The van der Waals surface area contributed by atoms with Gasteiger partial charge in [-0.2, -0.15) is 0 Å². The number of hydrogen-bond donors (Lipinski definition) is 0. The Kier molecular flexibility index (Phi) is 1.61. The van der Waals surface area contributed by atoms with Crippen LogP contribution in [0.2, 0.25) is 0 Å². The van der Waals surface area contributed by atoms with Crippen molar-refractivity contribution in [3.8, 4) is 0 Å². The van der Waals surface area contributed by atoms with Gasteiger partial charge in [-0.15, -0.1) is 0 Å². The van der Waals surface area contributed by atoms with Gasteiger partial charge in [0.1, 0.15) is 0 Å². The Balaban J connectivity index is 3.85. The first-order chi connectivity index (χ1) is 2.56. The monoisotopic (exact) mass is 106 g/mol. The van der Waals surface area contributed by atoms with Gasteiger partial charge in [-0.05, 0) is 0 Å². The summed E-state index contributed by atoms with van der Waals surface area (Å²) in [5.41, 5.74) is 0. The summed E-state index contributed by atoms with van der Waals surface area (Å²) in [5, 5.41) is 0. The van der Waals surface area contributed by atoms with Gasteiger partial charge < -0.3 is 0 Å². The molecule has 0 N–H and O–H groups in total. The lowest BCUT2D eigenvalue weighted by Crippen LogP contribution is -1.98. The third-order valence-corrected chi connectivity index (χ3v) is 0.697. The van der Waals surface area contributed by atoms with Gasteiger partial charge in [-0.25, -0.2) is 8.42 Å². The van der Waals surface area contributed by atoms with Crippen LogP contribution in [-0.4, -0.2) is 22.7 Å². The van der Waals surface area contributed by atoms with E-state index in [4.69, 9.17) is 0 Å². The van der Waals surface area contributed by atoms with Crippen molar-refractivity contribution in [1.82, 2.24) is 0 Å². The van der Waals surface area contributed by atoms with Crippen molar-refractivity contribution in [2.45, 2.75) is 0 Å². The first kappa shape index (κ1) is 5.97. The smallest absolute Gasteiger partial charge is 0.284 e. The molecule has 0 aromatic carbocycles.